The van der Waals surface area contributed by atoms with Crippen molar-refractivity contribution in [2.24, 2.45) is 0 Å². The summed E-state index contributed by atoms with van der Waals surface area (Å²) in [6, 6.07) is 13.8. The Bertz CT molecular complexity index is 1150. The van der Waals surface area contributed by atoms with E-state index in [1.54, 1.807) is 9.80 Å². The van der Waals surface area contributed by atoms with E-state index in [1.807, 2.05) is 41.8 Å². The maximum atomic E-state index is 13.3. The molecule has 4 rings (SSSR count). The number of piperazine rings is 1. The maximum absolute atomic E-state index is 13.3. The molecule has 7 nitrogen and oxygen atoms in total. The van der Waals surface area contributed by atoms with Crippen molar-refractivity contribution >= 4 is 35.2 Å². The Labute approximate surface area is 200 Å². The lowest BCUT2D eigenvalue weighted by Crippen LogP contribution is -2.51. The number of carbonyl (C=O) groups is 2. The molecule has 1 aliphatic rings. The van der Waals surface area contributed by atoms with E-state index in [4.69, 9.17) is 11.6 Å². The van der Waals surface area contributed by atoms with E-state index in [2.05, 4.69) is 10.2 Å². The third-order valence-corrected chi connectivity index (χ3v) is 6.76. The Kier molecular flexibility index (Phi) is 7.29. The molecule has 1 saturated heterocycles. The van der Waals surface area contributed by atoms with Crippen LogP contribution in [0.25, 0.3) is 0 Å². The topological polar surface area (TPSA) is 71.3 Å². The molecule has 0 saturated carbocycles. The maximum Gasteiger partial charge on any atom is 0.255 e. The zero-order valence-corrected chi connectivity index (χ0v) is 19.7. The van der Waals surface area contributed by atoms with Gasteiger partial charge < -0.3 is 14.4 Å². The van der Waals surface area contributed by atoms with Crippen molar-refractivity contribution in [1.82, 2.24) is 24.6 Å². The Morgan fingerprint density at radius 2 is 1.73 bits per heavy atom. The van der Waals surface area contributed by atoms with Gasteiger partial charge in [0.1, 0.15) is 11.6 Å². The highest BCUT2D eigenvalue weighted by atomic mass is 35.5. The van der Waals surface area contributed by atoms with Crippen LogP contribution in [0.5, 0.6) is 0 Å². The van der Waals surface area contributed by atoms with E-state index in [1.165, 1.54) is 23.9 Å². The number of benzene rings is 2. The summed E-state index contributed by atoms with van der Waals surface area (Å²) in [6.45, 7) is 4.19. The van der Waals surface area contributed by atoms with E-state index >= 15 is 0 Å². The highest BCUT2D eigenvalue weighted by molar-refractivity contribution is 7.99. The smallest absolute Gasteiger partial charge is 0.255 e. The fourth-order valence-electron chi connectivity index (χ4n) is 3.63. The number of aryl methyl sites for hydroxylation is 1. The number of halogens is 2. The minimum Gasteiger partial charge on any atom is -0.338 e. The summed E-state index contributed by atoms with van der Waals surface area (Å²) in [5, 5.41) is 9.17. The molecular weight excluding hydrogens is 465 g/mol. The van der Waals surface area contributed by atoms with Gasteiger partial charge >= 0.3 is 0 Å². The number of amides is 2. The van der Waals surface area contributed by atoms with Crippen molar-refractivity contribution < 1.29 is 14.0 Å². The molecule has 2 heterocycles. The van der Waals surface area contributed by atoms with Gasteiger partial charge in [0, 0.05) is 26.2 Å². The Morgan fingerprint density at radius 1 is 1.03 bits per heavy atom. The summed E-state index contributed by atoms with van der Waals surface area (Å²) in [7, 11) is 0. The molecule has 1 fully saturated rings. The van der Waals surface area contributed by atoms with Crippen molar-refractivity contribution in [2.45, 2.75) is 18.6 Å². The third-order valence-electron chi connectivity index (χ3n) is 5.49. The fraction of sp³-hybridized carbons (Fsp3) is 0.304. The molecule has 2 aromatic carbocycles. The zero-order chi connectivity index (χ0) is 23.4. The van der Waals surface area contributed by atoms with Crippen LogP contribution in [0.15, 0.2) is 53.7 Å². The summed E-state index contributed by atoms with van der Waals surface area (Å²) in [5.41, 5.74) is 1.40. The van der Waals surface area contributed by atoms with Crippen LogP contribution < -0.4 is 0 Å². The fourth-order valence-corrected chi connectivity index (χ4v) is 4.76. The van der Waals surface area contributed by atoms with Gasteiger partial charge in [-0.25, -0.2) is 4.39 Å². The Hall–Kier alpha value is -2.91. The highest BCUT2D eigenvalue weighted by Gasteiger charge is 2.26. The number of thioether (sulfide) groups is 1. The van der Waals surface area contributed by atoms with Crippen LogP contribution in [0.1, 0.15) is 21.7 Å². The summed E-state index contributed by atoms with van der Waals surface area (Å²) in [6.07, 6.45) is 0. The monoisotopic (exact) mass is 487 g/mol. The molecule has 0 unspecified atom stereocenters. The van der Waals surface area contributed by atoms with Crippen LogP contribution in [-0.2, 0) is 11.3 Å². The third kappa shape index (κ3) is 5.54. The number of hydrogen-bond acceptors (Lipinski definition) is 5. The molecule has 0 atom stereocenters. The van der Waals surface area contributed by atoms with Crippen LogP contribution in [-0.4, -0.2) is 68.3 Å². The van der Waals surface area contributed by atoms with Gasteiger partial charge in [0.05, 0.1) is 22.9 Å². The van der Waals surface area contributed by atoms with Gasteiger partial charge in [-0.15, -0.1) is 10.2 Å². The predicted molar refractivity (Wildman–Crippen MR) is 125 cm³/mol. The summed E-state index contributed by atoms with van der Waals surface area (Å²) in [5.74, 6) is 0.273. The average molecular weight is 488 g/mol. The van der Waals surface area contributed by atoms with E-state index in [9.17, 15) is 14.0 Å². The highest BCUT2D eigenvalue weighted by Crippen LogP contribution is 2.21. The van der Waals surface area contributed by atoms with Crippen molar-refractivity contribution in [2.75, 3.05) is 31.9 Å². The molecule has 0 N–H and O–H groups in total. The lowest BCUT2D eigenvalue weighted by atomic mass is 10.1. The molecule has 0 bridgehead atoms. The van der Waals surface area contributed by atoms with Crippen LogP contribution in [0.2, 0.25) is 5.02 Å². The van der Waals surface area contributed by atoms with Gasteiger partial charge in [-0.3, -0.25) is 9.59 Å². The largest absolute Gasteiger partial charge is 0.338 e. The lowest BCUT2D eigenvalue weighted by molar-refractivity contribution is -0.129. The van der Waals surface area contributed by atoms with Gasteiger partial charge in [-0.1, -0.05) is 53.7 Å². The molecule has 10 heteroatoms. The summed E-state index contributed by atoms with van der Waals surface area (Å²) < 4.78 is 15.3. The summed E-state index contributed by atoms with van der Waals surface area (Å²) in [4.78, 5) is 28.8. The average Bonchev–Trinajstić information content (AvgIpc) is 3.17. The summed E-state index contributed by atoms with van der Waals surface area (Å²) >= 11 is 7.38. The van der Waals surface area contributed by atoms with Crippen LogP contribution >= 0.6 is 23.4 Å². The normalized spacial score (nSPS) is 13.9. The first kappa shape index (κ1) is 23.3. The Morgan fingerprint density at radius 3 is 2.42 bits per heavy atom. The first-order valence-corrected chi connectivity index (χ1v) is 11.9. The second-order valence-corrected chi connectivity index (χ2v) is 9.04. The molecule has 1 aromatic heterocycles. The minimum absolute atomic E-state index is 0.0150. The first-order chi connectivity index (χ1) is 15.9. The molecule has 1 aliphatic heterocycles. The van der Waals surface area contributed by atoms with E-state index in [0.717, 1.165) is 17.5 Å². The van der Waals surface area contributed by atoms with E-state index in [-0.39, 0.29) is 28.2 Å². The quantitative estimate of drug-likeness (QED) is 0.498. The number of hydrogen-bond donors (Lipinski definition) is 0. The van der Waals surface area contributed by atoms with Gasteiger partial charge in [0.25, 0.3) is 5.91 Å². The van der Waals surface area contributed by atoms with E-state index in [0.29, 0.717) is 37.9 Å². The number of rotatable bonds is 6. The van der Waals surface area contributed by atoms with Crippen LogP contribution in [0.4, 0.5) is 4.39 Å². The van der Waals surface area contributed by atoms with Crippen molar-refractivity contribution in [3.63, 3.8) is 0 Å². The van der Waals surface area contributed by atoms with Crippen molar-refractivity contribution in [3.05, 3.63) is 76.3 Å². The Balaban J connectivity index is 1.31. The number of aromatic nitrogens is 3. The second-order valence-electron chi connectivity index (χ2n) is 7.69. The van der Waals surface area contributed by atoms with Gasteiger partial charge in [0.15, 0.2) is 5.16 Å². The molecule has 0 spiro atoms. The molecule has 2 amide bonds. The predicted octanol–water partition coefficient (Wildman–Crippen LogP) is 3.50. The van der Waals surface area contributed by atoms with Gasteiger partial charge in [0.2, 0.25) is 5.91 Å². The van der Waals surface area contributed by atoms with E-state index < -0.39 is 5.82 Å². The van der Waals surface area contributed by atoms with Crippen LogP contribution in [0.3, 0.4) is 0 Å². The molecular formula is C23H23ClFN5O2S. The second kappa shape index (κ2) is 10.4. The van der Waals surface area contributed by atoms with Crippen molar-refractivity contribution in [1.29, 1.82) is 0 Å². The van der Waals surface area contributed by atoms with Crippen molar-refractivity contribution in [3.8, 4) is 0 Å². The molecule has 172 valence electrons. The lowest BCUT2D eigenvalue weighted by Gasteiger charge is -2.35. The zero-order valence-electron chi connectivity index (χ0n) is 18.1. The number of nitrogens with zero attached hydrogens (tertiary/aromatic N) is 5. The van der Waals surface area contributed by atoms with Gasteiger partial charge in [-0.2, -0.15) is 0 Å². The standard InChI is InChI=1S/C23H23ClFN5O2S/c1-16-26-27-23(30(16)14-17-5-3-2-4-6-17)33-15-21(31)28-9-11-29(12-10-28)22(32)19-8-7-18(25)13-20(19)24/h2-8,13H,9-12,14-15H2,1H3. The molecule has 0 aliphatic carbocycles. The molecule has 33 heavy (non-hydrogen) atoms. The molecule has 0 radical (unpaired) electrons. The SMILES string of the molecule is Cc1nnc(SCC(=O)N2CCN(C(=O)c3ccc(F)cc3Cl)CC2)n1Cc1ccccc1. The van der Waals surface area contributed by atoms with Crippen LogP contribution in [0, 0.1) is 12.7 Å². The molecule has 3 aromatic rings. The first-order valence-electron chi connectivity index (χ1n) is 10.5. The number of carbonyl (C=O) groups excluding carboxylic acids is 2. The van der Waals surface area contributed by atoms with Gasteiger partial charge in [-0.05, 0) is 30.7 Å². The minimum atomic E-state index is -0.487.